The first-order valence-electron chi connectivity index (χ1n) is 13.0. The molecule has 0 radical (unpaired) electrons. The van der Waals surface area contributed by atoms with Crippen molar-refractivity contribution in [3.05, 3.63) is 83.0 Å². The van der Waals surface area contributed by atoms with E-state index in [2.05, 4.69) is 103 Å². The van der Waals surface area contributed by atoms with Crippen molar-refractivity contribution in [1.29, 1.82) is 0 Å². The fraction of sp³-hybridized carbons (Fsp3) is 0.310. The van der Waals surface area contributed by atoms with Crippen LogP contribution in [0.5, 0.6) is 0 Å². The monoisotopic (exact) mass is 495 g/mol. The molecule has 5 heterocycles. The van der Waals surface area contributed by atoms with Gasteiger partial charge in [0.2, 0.25) is 0 Å². The first-order valence-corrected chi connectivity index (χ1v) is 13.8. The Morgan fingerprint density at radius 1 is 0.917 bits per heavy atom. The largest absolute Gasteiger partial charge is 0.354 e. The molecule has 0 spiro atoms. The lowest BCUT2D eigenvalue weighted by Gasteiger charge is -2.33. The van der Waals surface area contributed by atoms with Gasteiger partial charge in [-0.2, -0.15) is 0 Å². The third-order valence-electron chi connectivity index (χ3n) is 7.50. The van der Waals surface area contributed by atoms with Crippen LogP contribution in [0, 0.1) is 0 Å². The number of anilines is 2. The van der Waals surface area contributed by atoms with Crippen LogP contribution in [0.25, 0.3) is 11.8 Å². The van der Waals surface area contributed by atoms with Crippen molar-refractivity contribution in [1.82, 2.24) is 10.2 Å². The maximum Gasteiger partial charge on any atom is 0.282 e. The number of guanidine groups is 1. The summed E-state index contributed by atoms with van der Waals surface area (Å²) in [6.07, 6.45) is 7.02. The predicted octanol–water partition coefficient (Wildman–Crippen LogP) is 3.90. The van der Waals surface area contributed by atoms with E-state index in [4.69, 9.17) is 0 Å². The van der Waals surface area contributed by atoms with Crippen molar-refractivity contribution >= 4 is 35.3 Å². The first-order chi connectivity index (χ1) is 17.8. The summed E-state index contributed by atoms with van der Waals surface area (Å²) in [5.74, 6) is 2.32. The topological polar surface area (TPSA) is 38.0 Å². The Morgan fingerprint density at radius 2 is 1.78 bits per heavy atom. The smallest absolute Gasteiger partial charge is 0.282 e. The van der Waals surface area contributed by atoms with E-state index in [0.717, 1.165) is 51.8 Å². The minimum atomic E-state index is 0.890. The average Bonchev–Trinajstić information content (AvgIpc) is 3.60. The highest BCUT2D eigenvalue weighted by Crippen LogP contribution is 2.50. The number of aromatic nitrogens is 1. The quantitative estimate of drug-likeness (QED) is 0.558. The molecule has 0 amide bonds. The van der Waals surface area contributed by atoms with E-state index in [1.54, 1.807) is 0 Å². The Labute approximate surface area is 216 Å². The number of hydrogen-bond acceptors (Lipinski definition) is 6. The van der Waals surface area contributed by atoms with E-state index in [0.29, 0.717) is 0 Å². The number of aryl methyl sites for hydroxylation is 1. The third kappa shape index (κ3) is 3.91. The van der Waals surface area contributed by atoms with Gasteiger partial charge in [-0.1, -0.05) is 42.1 Å². The van der Waals surface area contributed by atoms with E-state index in [1.807, 2.05) is 11.8 Å². The normalized spacial score (nSPS) is 19.9. The maximum atomic E-state index is 4.63. The molecule has 1 aromatic heterocycles. The molecule has 1 fully saturated rings. The number of para-hydroxylation sites is 2. The van der Waals surface area contributed by atoms with Gasteiger partial charge in [-0.05, 0) is 54.3 Å². The standard InChI is InChI=1S/C29H31N6S/c1-2-8-24(9-3-1)34-15-11-22(20-26(34)32-16-18-33(19-17-32)29-30-12-13-31-29)21-27-35-14-5-7-23-6-4-10-25(36-27)28(23)35/h1-4,6,8-11,15,20-21H,5,7,12-14,16-19H2,(H,30,31)/q+1. The molecule has 2 aromatic carbocycles. The maximum absolute atomic E-state index is 4.63. The molecule has 0 atom stereocenters. The van der Waals surface area contributed by atoms with Crippen LogP contribution in [0.4, 0.5) is 11.5 Å². The van der Waals surface area contributed by atoms with Gasteiger partial charge in [0.25, 0.3) is 5.82 Å². The van der Waals surface area contributed by atoms with Crippen LogP contribution in [0.1, 0.15) is 17.5 Å². The summed E-state index contributed by atoms with van der Waals surface area (Å²) in [5, 5.41) is 4.77. The molecule has 0 bridgehead atoms. The highest BCUT2D eigenvalue weighted by Gasteiger charge is 2.31. The Balaban J connectivity index is 1.22. The van der Waals surface area contributed by atoms with E-state index in [1.165, 1.54) is 51.1 Å². The zero-order valence-corrected chi connectivity index (χ0v) is 21.3. The van der Waals surface area contributed by atoms with Gasteiger partial charge in [-0.25, -0.2) is 4.57 Å². The zero-order valence-electron chi connectivity index (χ0n) is 20.4. The van der Waals surface area contributed by atoms with E-state index in [9.17, 15) is 0 Å². The van der Waals surface area contributed by atoms with Crippen molar-refractivity contribution in [2.24, 2.45) is 4.99 Å². The van der Waals surface area contributed by atoms with E-state index in [-0.39, 0.29) is 0 Å². The molecule has 3 aromatic rings. The van der Waals surface area contributed by atoms with Gasteiger partial charge >= 0.3 is 0 Å². The summed E-state index contributed by atoms with van der Waals surface area (Å²) in [5.41, 5.74) is 5.38. The SMILES string of the molecule is C(=C1/Sc2cccc3c2N1CCC3)/c1cc[n+](-c2ccccc2)c(N2CCN(C3=NCCN3)CC2)c1. The van der Waals surface area contributed by atoms with Crippen molar-refractivity contribution < 1.29 is 4.57 Å². The van der Waals surface area contributed by atoms with Crippen LogP contribution >= 0.6 is 11.8 Å². The first kappa shape index (κ1) is 21.8. The number of benzene rings is 2. The molecule has 6 nitrogen and oxygen atoms in total. The Hall–Kier alpha value is -3.45. The number of piperazine rings is 1. The minimum absolute atomic E-state index is 0.890. The van der Waals surface area contributed by atoms with Crippen molar-refractivity contribution in [3.8, 4) is 5.69 Å². The van der Waals surface area contributed by atoms with Crippen LogP contribution in [0.3, 0.4) is 0 Å². The number of nitrogens with zero attached hydrogens (tertiary/aromatic N) is 5. The summed E-state index contributed by atoms with van der Waals surface area (Å²) < 4.78 is 2.33. The lowest BCUT2D eigenvalue weighted by atomic mass is 10.0. The molecule has 1 saturated heterocycles. The number of pyridine rings is 1. The highest BCUT2D eigenvalue weighted by molar-refractivity contribution is 8.03. The van der Waals surface area contributed by atoms with Gasteiger partial charge in [-0.3, -0.25) is 9.89 Å². The van der Waals surface area contributed by atoms with Crippen LogP contribution in [-0.4, -0.2) is 56.7 Å². The molecule has 0 unspecified atom stereocenters. The van der Waals surface area contributed by atoms with Gasteiger partial charge in [0.1, 0.15) is 18.8 Å². The molecule has 1 N–H and O–H groups in total. The average molecular weight is 496 g/mol. The molecular formula is C29H31N6S+. The van der Waals surface area contributed by atoms with E-state index < -0.39 is 0 Å². The molecular weight excluding hydrogens is 464 g/mol. The van der Waals surface area contributed by atoms with Gasteiger partial charge < -0.3 is 15.1 Å². The molecule has 4 aliphatic rings. The third-order valence-corrected chi connectivity index (χ3v) is 8.60. The summed E-state index contributed by atoms with van der Waals surface area (Å²) in [6.45, 7) is 6.86. The predicted molar refractivity (Wildman–Crippen MR) is 148 cm³/mol. The fourth-order valence-electron chi connectivity index (χ4n) is 5.72. The van der Waals surface area contributed by atoms with Crippen LogP contribution in [0.15, 0.2) is 81.8 Å². The Bertz CT molecular complexity index is 1340. The van der Waals surface area contributed by atoms with Crippen molar-refractivity contribution in [3.63, 3.8) is 0 Å². The number of aliphatic imine (C=N–C) groups is 1. The fourth-order valence-corrected chi connectivity index (χ4v) is 6.92. The highest BCUT2D eigenvalue weighted by atomic mass is 32.2. The Kier molecular flexibility index (Phi) is 5.58. The number of rotatable bonds is 3. The number of thioether (sulfide) groups is 1. The zero-order chi connectivity index (χ0) is 23.9. The summed E-state index contributed by atoms with van der Waals surface area (Å²) in [4.78, 5) is 13.5. The van der Waals surface area contributed by atoms with Crippen LogP contribution < -0.4 is 19.7 Å². The molecule has 0 aliphatic carbocycles. The lowest BCUT2D eigenvalue weighted by Crippen LogP contribution is -2.54. The summed E-state index contributed by atoms with van der Waals surface area (Å²) in [6, 6.07) is 22.1. The summed E-state index contributed by atoms with van der Waals surface area (Å²) >= 11 is 1.91. The van der Waals surface area contributed by atoms with Crippen LogP contribution in [0.2, 0.25) is 0 Å². The second-order valence-electron chi connectivity index (χ2n) is 9.73. The number of nitrogens with one attached hydrogen (secondary N) is 1. The molecule has 182 valence electrons. The molecule has 0 saturated carbocycles. The Morgan fingerprint density at radius 3 is 2.61 bits per heavy atom. The van der Waals surface area contributed by atoms with E-state index >= 15 is 0 Å². The molecule has 36 heavy (non-hydrogen) atoms. The van der Waals surface area contributed by atoms with Gasteiger partial charge in [0.15, 0.2) is 5.96 Å². The minimum Gasteiger partial charge on any atom is -0.354 e. The van der Waals surface area contributed by atoms with Crippen LogP contribution in [-0.2, 0) is 6.42 Å². The van der Waals surface area contributed by atoms with Crippen molar-refractivity contribution in [2.75, 3.05) is 55.6 Å². The molecule has 4 aliphatic heterocycles. The van der Waals surface area contributed by atoms with Crippen molar-refractivity contribution in [2.45, 2.75) is 17.7 Å². The lowest BCUT2D eigenvalue weighted by molar-refractivity contribution is -0.582. The molecule has 7 heteroatoms. The second-order valence-corrected chi connectivity index (χ2v) is 10.8. The second kappa shape index (κ2) is 9.21. The van der Waals surface area contributed by atoms with Gasteiger partial charge in [-0.15, -0.1) is 0 Å². The molecule has 7 rings (SSSR count). The summed E-state index contributed by atoms with van der Waals surface area (Å²) in [7, 11) is 0. The number of hydrogen-bond donors (Lipinski definition) is 1. The van der Waals surface area contributed by atoms with Gasteiger partial charge in [0, 0.05) is 24.1 Å². The van der Waals surface area contributed by atoms with Gasteiger partial charge in [0.05, 0.1) is 36.5 Å².